The van der Waals surface area contributed by atoms with E-state index in [2.05, 4.69) is 58.7 Å². The van der Waals surface area contributed by atoms with Gasteiger partial charge in [0.2, 0.25) is 5.91 Å². The molecule has 3 aromatic carbocycles. The molecule has 0 saturated heterocycles. The van der Waals surface area contributed by atoms with Crippen molar-refractivity contribution in [3.05, 3.63) is 84.4 Å². The monoisotopic (exact) mass is 491 g/mol. The molecule has 184 valence electrons. The predicted octanol–water partition coefficient (Wildman–Crippen LogP) is 4.31. The number of fused-ring (bicyclic) bond motifs is 2. The lowest BCUT2D eigenvalue weighted by molar-refractivity contribution is -0.127. The highest BCUT2D eigenvalue weighted by Gasteiger charge is 2.24. The number of benzene rings is 3. The van der Waals surface area contributed by atoms with Crippen LogP contribution in [0.5, 0.6) is 0 Å². The Balaban J connectivity index is 1.26. The maximum Gasteiger partial charge on any atom is 0.237 e. The van der Waals surface area contributed by atoms with Gasteiger partial charge in [-0.3, -0.25) is 9.69 Å². The van der Waals surface area contributed by atoms with Crippen molar-refractivity contribution in [2.75, 3.05) is 44.9 Å². The Kier molecular flexibility index (Phi) is 9.20. The van der Waals surface area contributed by atoms with Gasteiger partial charge in [-0.1, -0.05) is 66.4 Å². The second-order valence-electron chi connectivity index (χ2n) is 8.51. The molecule has 2 N–H and O–H groups in total. The molecular weight excluding hydrogens is 458 g/mol. The van der Waals surface area contributed by atoms with Gasteiger partial charge in [0.1, 0.15) is 0 Å². The molecule has 6 nitrogen and oxygen atoms in total. The highest BCUT2D eigenvalue weighted by Crippen LogP contribution is 2.47. The van der Waals surface area contributed by atoms with E-state index in [0.717, 1.165) is 12.1 Å². The highest BCUT2D eigenvalue weighted by atomic mass is 32.2. The second kappa shape index (κ2) is 12.7. The van der Waals surface area contributed by atoms with Crippen LogP contribution in [0.2, 0.25) is 0 Å². The first kappa shape index (κ1) is 25.3. The number of carbonyl (C=O) groups is 1. The molecule has 0 spiro atoms. The number of likely N-dealkylation sites (N-methyl/N-ethyl adjacent to an activating group) is 1. The fourth-order valence-corrected chi connectivity index (χ4v) is 5.32. The number of hydrogen-bond donors (Lipinski definition) is 2. The van der Waals surface area contributed by atoms with Crippen molar-refractivity contribution in [1.82, 2.24) is 10.2 Å². The van der Waals surface area contributed by atoms with Gasteiger partial charge in [0.15, 0.2) is 0 Å². The van der Waals surface area contributed by atoms with Crippen LogP contribution >= 0.6 is 11.8 Å². The summed E-state index contributed by atoms with van der Waals surface area (Å²) in [7, 11) is 1.90. The van der Waals surface area contributed by atoms with Crippen molar-refractivity contribution >= 4 is 29.0 Å². The number of rotatable bonds is 12. The molecule has 1 heterocycles. The maximum atomic E-state index is 12.8. The van der Waals surface area contributed by atoms with Gasteiger partial charge in [0.05, 0.1) is 30.6 Å². The van der Waals surface area contributed by atoms with Crippen LogP contribution < -0.4 is 10.2 Å². The first-order valence-electron chi connectivity index (χ1n) is 12.0. The summed E-state index contributed by atoms with van der Waals surface area (Å²) in [5, 5.41) is 12.5. The van der Waals surface area contributed by atoms with E-state index in [1.807, 2.05) is 42.3 Å². The Bertz CT molecular complexity index is 1050. The fraction of sp³-hybridized carbons (Fsp3) is 0.321. The van der Waals surface area contributed by atoms with Crippen LogP contribution in [0.25, 0.3) is 0 Å². The van der Waals surface area contributed by atoms with Gasteiger partial charge in [-0.25, -0.2) is 0 Å². The molecule has 1 atom stereocenters. The van der Waals surface area contributed by atoms with Gasteiger partial charge in [-0.2, -0.15) is 0 Å². The SMILES string of the molecule is CN(CCOCCN1c2ccccc2Sc2ccccc21)C(CCO)C(=O)NCc1ccccc1. The molecule has 1 aliphatic rings. The molecule has 0 aliphatic carbocycles. The summed E-state index contributed by atoms with van der Waals surface area (Å²) >= 11 is 1.80. The van der Waals surface area contributed by atoms with Crippen LogP contribution in [0.3, 0.4) is 0 Å². The molecule has 1 amide bonds. The van der Waals surface area contributed by atoms with Crippen LogP contribution in [0.4, 0.5) is 11.4 Å². The largest absolute Gasteiger partial charge is 0.396 e. The lowest BCUT2D eigenvalue weighted by Crippen LogP contribution is -2.46. The molecule has 3 aromatic rings. The zero-order chi connectivity index (χ0) is 24.5. The van der Waals surface area contributed by atoms with Crippen molar-refractivity contribution in [3.63, 3.8) is 0 Å². The summed E-state index contributed by atoms with van der Waals surface area (Å²) in [6, 6.07) is 26.3. The van der Waals surface area contributed by atoms with Crippen LogP contribution in [-0.4, -0.2) is 61.9 Å². The van der Waals surface area contributed by atoms with E-state index in [1.54, 1.807) is 11.8 Å². The third kappa shape index (κ3) is 6.64. The van der Waals surface area contributed by atoms with Gasteiger partial charge < -0.3 is 20.1 Å². The number of nitrogens with zero attached hydrogens (tertiary/aromatic N) is 2. The maximum absolute atomic E-state index is 12.8. The summed E-state index contributed by atoms with van der Waals surface area (Å²) in [6.07, 6.45) is 0.385. The van der Waals surface area contributed by atoms with Crippen LogP contribution in [0.15, 0.2) is 88.7 Å². The van der Waals surface area contributed by atoms with Crippen LogP contribution in [-0.2, 0) is 16.1 Å². The molecule has 0 fully saturated rings. The fourth-order valence-electron chi connectivity index (χ4n) is 4.22. The van der Waals surface area contributed by atoms with E-state index in [9.17, 15) is 9.90 Å². The summed E-state index contributed by atoms with van der Waals surface area (Å²) in [5.74, 6) is -0.0792. The van der Waals surface area contributed by atoms with E-state index in [1.165, 1.54) is 21.2 Å². The summed E-state index contributed by atoms with van der Waals surface area (Å²) < 4.78 is 5.99. The van der Waals surface area contributed by atoms with Gasteiger partial charge >= 0.3 is 0 Å². The average molecular weight is 492 g/mol. The minimum Gasteiger partial charge on any atom is -0.396 e. The molecule has 1 unspecified atom stereocenters. The number of aliphatic hydroxyl groups is 1. The molecule has 1 aliphatic heterocycles. The van der Waals surface area contributed by atoms with E-state index in [4.69, 9.17) is 4.74 Å². The smallest absolute Gasteiger partial charge is 0.237 e. The number of para-hydroxylation sites is 2. The lowest BCUT2D eigenvalue weighted by atomic mass is 10.1. The Morgan fingerprint density at radius 3 is 2.26 bits per heavy atom. The van der Waals surface area contributed by atoms with Gasteiger partial charge in [-0.05, 0) is 43.3 Å². The second-order valence-corrected chi connectivity index (χ2v) is 9.60. The summed E-state index contributed by atoms with van der Waals surface area (Å²) in [5.41, 5.74) is 3.46. The average Bonchev–Trinajstić information content (AvgIpc) is 2.90. The topological polar surface area (TPSA) is 65.0 Å². The Morgan fingerprint density at radius 1 is 0.971 bits per heavy atom. The lowest BCUT2D eigenvalue weighted by Gasteiger charge is -2.32. The van der Waals surface area contributed by atoms with Crippen molar-refractivity contribution in [3.8, 4) is 0 Å². The van der Waals surface area contributed by atoms with Crippen LogP contribution in [0, 0.1) is 0 Å². The van der Waals surface area contributed by atoms with E-state index >= 15 is 0 Å². The number of hydrogen-bond acceptors (Lipinski definition) is 6. The number of aliphatic hydroxyl groups excluding tert-OH is 1. The van der Waals surface area contributed by atoms with Gasteiger partial charge in [0, 0.05) is 36.0 Å². The zero-order valence-corrected chi connectivity index (χ0v) is 20.9. The molecule has 0 bridgehead atoms. The molecule has 35 heavy (non-hydrogen) atoms. The number of ether oxygens (including phenoxy) is 1. The van der Waals surface area contributed by atoms with Crippen molar-refractivity contribution in [2.24, 2.45) is 0 Å². The quantitative estimate of drug-likeness (QED) is 0.368. The molecule has 7 heteroatoms. The summed E-state index contributed by atoms with van der Waals surface area (Å²) in [4.78, 5) is 19.5. The third-order valence-electron chi connectivity index (χ3n) is 6.13. The first-order chi connectivity index (χ1) is 17.2. The number of carbonyl (C=O) groups excluding carboxylic acids is 1. The first-order valence-corrected chi connectivity index (χ1v) is 12.8. The third-order valence-corrected chi connectivity index (χ3v) is 7.26. The van der Waals surface area contributed by atoms with Gasteiger partial charge in [-0.15, -0.1) is 0 Å². The normalized spacial score (nSPS) is 13.3. The van der Waals surface area contributed by atoms with Crippen molar-refractivity contribution in [2.45, 2.75) is 28.8 Å². The Hall–Kier alpha value is -2.84. The minimum atomic E-state index is -0.398. The molecule has 0 aromatic heterocycles. The molecular formula is C28H33N3O3S. The molecule has 0 saturated carbocycles. The number of nitrogens with one attached hydrogen (secondary N) is 1. The van der Waals surface area contributed by atoms with E-state index in [0.29, 0.717) is 32.7 Å². The minimum absolute atomic E-state index is 0.0413. The molecule has 4 rings (SSSR count). The number of anilines is 2. The Labute approximate surface area is 211 Å². The summed E-state index contributed by atoms with van der Waals surface area (Å²) in [6.45, 7) is 2.87. The number of amides is 1. The van der Waals surface area contributed by atoms with Crippen LogP contribution in [0.1, 0.15) is 12.0 Å². The standard InChI is InChI=1S/C28H33N3O3S/c1-30(25(15-18-32)28(33)29-21-22-9-3-2-4-10-22)16-19-34-20-17-31-23-11-5-7-13-26(23)35-27-14-8-6-12-24(27)31/h2-14,25,32H,15-21H2,1H3,(H,29,33). The van der Waals surface area contributed by atoms with E-state index in [-0.39, 0.29) is 12.5 Å². The molecule has 0 radical (unpaired) electrons. The zero-order valence-electron chi connectivity index (χ0n) is 20.1. The Morgan fingerprint density at radius 2 is 1.60 bits per heavy atom. The van der Waals surface area contributed by atoms with E-state index < -0.39 is 6.04 Å². The van der Waals surface area contributed by atoms with Crippen molar-refractivity contribution < 1.29 is 14.6 Å². The van der Waals surface area contributed by atoms with Crippen molar-refractivity contribution in [1.29, 1.82) is 0 Å². The predicted molar refractivity (Wildman–Crippen MR) is 141 cm³/mol. The van der Waals surface area contributed by atoms with Gasteiger partial charge in [0.25, 0.3) is 0 Å². The highest BCUT2D eigenvalue weighted by molar-refractivity contribution is 7.99.